The summed E-state index contributed by atoms with van der Waals surface area (Å²) >= 11 is 0. The number of nitrogens with zero attached hydrogens (tertiary/aromatic N) is 2. The molecule has 1 saturated heterocycles. The Morgan fingerprint density at radius 3 is 2.57 bits per heavy atom. The third-order valence-corrected chi connectivity index (χ3v) is 5.96. The first-order chi connectivity index (χ1) is 14.3. The Morgan fingerprint density at radius 1 is 1.10 bits per heavy atom. The molecule has 0 aromatic heterocycles. The number of carbonyl (C=O) groups is 2. The summed E-state index contributed by atoms with van der Waals surface area (Å²) in [5.41, 5.74) is 1.89. The van der Waals surface area contributed by atoms with Gasteiger partial charge in [0.05, 0.1) is 12.2 Å². The summed E-state index contributed by atoms with van der Waals surface area (Å²) < 4.78 is 5.84. The second-order valence-electron chi connectivity index (χ2n) is 9.31. The monoisotopic (exact) mass is 415 g/mol. The van der Waals surface area contributed by atoms with Crippen LogP contribution < -0.4 is 15.0 Å². The van der Waals surface area contributed by atoms with E-state index in [0.29, 0.717) is 13.1 Å². The lowest BCUT2D eigenvalue weighted by molar-refractivity contribution is -0.125. The van der Waals surface area contributed by atoms with Crippen LogP contribution in [-0.4, -0.2) is 55.5 Å². The van der Waals surface area contributed by atoms with Crippen molar-refractivity contribution in [1.29, 1.82) is 0 Å². The molecule has 0 radical (unpaired) electrons. The maximum Gasteiger partial charge on any atom is 0.227 e. The van der Waals surface area contributed by atoms with E-state index in [0.717, 1.165) is 54.9 Å². The second-order valence-corrected chi connectivity index (χ2v) is 9.31. The maximum atomic E-state index is 12.8. The van der Waals surface area contributed by atoms with E-state index in [2.05, 4.69) is 24.1 Å². The van der Waals surface area contributed by atoms with E-state index in [1.807, 2.05) is 32.0 Å². The molecule has 1 N–H and O–H groups in total. The van der Waals surface area contributed by atoms with Gasteiger partial charge in [-0.15, -0.1) is 0 Å². The summed E-state index contributed by atoms with van der Waals surface area (Å²) in [5, 5.41) is 2.98. The highest BCUT2D eigenvalue weighted by Gasteiger charge is 2.27. The molecule has 0 bridgehead atoms. The highest BCUT2D eigenvalue weighted by Crippen LogP contribution is 2.34. The van der Waals surface area contributed by atoms with Gasteiger partial charge in [0.25, 0.3) is 0 Å². The molecule has 0 unspecified atom stereocenters. The van der Waals surface area contributed by atoms with E-state index >= 15 is 0 Å². The molecule has 6 nitrogen and oxygen atoms in total. The molecule has 1 aromatic carbocycles. The van der Waals surface area contributed by atoms with Crippen LogP contribution in [0.1, 0.15) is 52.0 Å². The van der Waals surface area contributed by atoms with Crippen LogP contribution in [0.5, 0.6) is 5.75 Å². The van der Waals surface area contributed by atoms with Crippen LogP contribution in [0.4, 0.5) is 5.69 Å². The number of hydrogen-bond acceptors (Lipinski definition) is 4. The molecule has 0 spiro atoms. The van der Waals surface area contributed by atoms with E-state index in [4.69, 9.17) is 4.74 Å². The molecule has 0 aliphatic carbocycles. The topological polar surface area (TPSA) is 61.9 Å². The first-order valence-electron chi connectivity index (χ1n) is 11.4. The van der Waals surface area contributed by atoms with Crippen molar-refractivity contribution in [3.8, 4) is 5.75 Å². The predicted octanol–water partition coefficient (Wildman–Crippen LogP) is 3.37. The number of rotatable bonds is 7. The smallest absolute Gasteiger partial charge is 0.227 e. The van der Waals surface area contributed by atoms with Crippen LogP contribution in [0.3, 0.4) is 0 Å². The number of amides is 2. The number of fused-ring (bicyclic) bond motifs is 1. The fraction of sp³-hybridized carbons (Fsp3) is 0.667. The zero-order chi connectivity index (χ0) is 21.7. The third kappa shape index (κ3) is 6.21. The van der Waals surface area contributed by atoms with Crippen LogP contribution in [0.2, 0.25) is 0 Å². The Kier molecular flexibility index (Phi) is 7.75. The van der Waals surface area contributed by atoms with Gasteiger partial charge in [0.2, 0.25) is 11.8 Å². The number of piperidine rings is 1. The number of hydrogen-bond donors (Lipinski definition) is 1. The molecule has 2 aliphatic rings. The summed E-state index contributed by atoms with van der Waals surface area (Å²) in [6, 6.07) is 5.87. The van der Waals surface area contributed by atoms with E-state index in [9.17, 15) is 9.59 Å². The molecule has 2 aliphatic heterocycles. The quantitative estimate of drug-likeness (QED) is 0.694. The zero-order valence-electron chi connectivity index (χ0n) is 18.9. The van der Waals surface area contributed by atoms with E-state index in [1.54, 1.807) is 4.90 Å². The number of aryl methyl sites for hydroxylation is 1. The summed E-state index contributed by atoms with van der Waals surface area (Å²) in [5.74, 6) is 2.17. The first-order valence-corrected chi connectivity index (χ1v) is 11.4. The van der Waals surface area contributed by atoms with Gasteiger partial charge in [-0.25, -0.2) is 0 Å². The van der Waals surface area contributed by atoms with Crippen molar-refractivity contribution >= 4 is 17.5 Å². The summed E-state index contributed by atoms with van der Waals surface area (Å²) in [7, 11) is 0. The molecule has 3 atom stereocenters. The van der Waals surface area contributed by atoms with Crippen molar-refractivity contribution < 1.29 is 14.3 Å². The van der Waals surface area contributed by atoms with Gasteiger partial charge in [-0.2, -0.15) is 0 Å². The lowest BCUT2D eigenvalue weighted by atomic mass is 9.92. The fourth-order valence-corrected chi connectivity index (χ4v) is 4.73. The average Bonchev–Trinajstić information content (AvgIpc) is 2.68. The van der Waals surface area contributed by atoms with E-state index < -0.39 is 0 Å². The maximum absolute atomic E-state index is 12.8. The van der Waals surface area contributed by atoms with Gasteiger partial charge in [-0.1, -0.05) is 19.9 Å². The highest BCUT2D eigenvalue weighted by atomic mass is 16.5. The molecular formula is C24H37N3O3. The number of anilines is 1. The van der Waals surface area contributed by atoms with Crippen molar-refractivity contribution in [2.24, 2.45) is 11.8 Å². The normalized spacial score (nSPS) is 24.1. The lowest BCUT2D eigenvalue weighted by Gasteiger charge is -2.35. The molecule has 6 heteroatoms. The fourth-order valence-electron chi connectivity index (χ4n) is 4.73. The van der Waals surface area contributed by atoms with Crippen LogP contribution in [0, 0.1) is 18.8 Å². The molecule has 2 amide bonds. The molecule has 3 rings (SSSR count). The largest absolute Gasteiger partial charge is 0.487 e. The summed E-state index contributed by atoms with van der Waals surface area (Å²) in [6.45, 7) is 13.1. The van der Waals surface area contributed by atoms with Gasteiger partial charge in [0.15, 0.2) is 0 Å². The Labute approximate surface area is 180 Å². The van der Waals surface area contributed by atoms with Crippen LogP contribution in [0.15, 0.2) is 18.2 Å². The van der Waals surface area contributed by atoms with Gasteiger partial charge in [0, 0.05) is 32.5 Å². The molecule has 1 aromatic rings. The van der Waals surface area contributed by atoms with Gasteiger partial charge >= 0.3 is 0 Å². The van der Waals surface area contributed by atoms with Crippen molar-refractivity contribution in [3.63, 3.8) is 0 Å². The van der Waals surface area contributed by atoms with E-state index in [-0.39, 0.29) is 30.8 Å². The van der Waals surface area contributed by atoms with Crippen molar-refractivity contribution in [2.75, 3.05) is 37.6 Å². The van der Waals surface area contributed by atoms with Crippen molar-refractivity contribution in [2.45, 2.75) is 59.5 Å². The van der Waals surface area contributed by atoms with Crippen LogP contribution in [0.25, 0.3) is 0 Å². The number of nitrogens with one attached hydrogen (secondary N) is 1. The molecule has 2 heterocycles. The average molecular weight is 416 g/mol. The molecule has 166 valence electrons. The third-order valence-electron chi connectivity index (χ3n) is 5.96. The number of likely N-dealkylation sites (tertiary alicyclic amines) is 1. The summed E-state index contributed by atoms with van der Waals surface area (Å²) in [4.78, 5) is 29.3. The predicted molar refractivity (Wildman–Crippen MR) is 120 cm³/mol. The SMILES string of the molecule is Cc1ccc2c(c1)N(C(=O)CCC(=O)NCCCN1C[C@H](C)C[C@@H](C)C1)C[C@H](C)O2. The molecule has 1 fully saturated rings. The molecular weight excluding hydrogens is 378 g/mol. The lowest BCUT2D eigenvalue weighted by Crippen LogP contribution is -2.42. The highest BCUT2D eigenvalue weighted by molar-refractivity contribution is 5.97. The first kappa shape index (κ1) is 22.6. The Hall–Kier alpha value is -2.08. The number of carbonyl (C=O) groups excluding carboxylic acids is 2. The van der Waals surface area contributed by atoms with Gasteiger partial charge < -0.3 is 19.9 Å². The van der Waals surface area contributed by atoms with Crippen LogP contribution >= 0.6 is 0 Å². The van der Waals surface area contributed by atoms with Gasteiger partial charge in [0.1, 0.15) is 11.9 Å². The Balaban J connectivity index is 1.40. The Bertz CT molecular complexity index is 741. The zero-order valence-corrected chi connectivity index (χ0v) is 18.9. The van der Waals surface area contributed by atoms with E-state index in [1.165, 1.54) is 6.42 Å². The van der Waals surface area contributed by atoms with Crippen molar-refractivity contribution in [1.82, 2.24) is 10.2 Å². The molecule has 0 saturated carbocycles. The van der Waals surface area contributed by atoms with Crippen LogP contribution in [-0.2, 0) is 9.59 Å². The summed E-state index contributed by atoms with van der Waals surface area (Å²) in [6.07, 6.45) is 2.65. The minimum atomic E-state index is -0.0572. The van der Waals surface area contributed by atoms with Crippen molar-refractivity contribution in [3.05, 3.63) is 23.8 Å². The Morgan fingerprint density at radius 2 is 1.83 bits per heavy atom. The van der Waals surface area contributed by atoms with Gasteiger partial charge in [-0.3, -0.25) is 9.59 Å². The minimum Gasteiger partial charge on any atom is -0.487 e. The van der Waals surface area contributed by atoms with Gasteiger partial charge in [-0.05, 0) is 62.8 Å². The standard InChI is InChI=1S/C24H37N3O3/c1-17-6-7-22-21(13-17)27(16-20(4)30-22)24(29)9-8-23(28)25-10-5-11-26-14-18(2)12-19(3)15-26/h6-7,13,18-20H,5,8-12,14-16H2,1-4H3,(H,25,28)/t18-,19-,20+/m1/s1. The second kappa shape index (κ2) is 10.3. The number of benzene rings is 1. The number of ether oxygens (including phenoxy) is 1. The minimum absolute atomic E-state index is 0.0246. The molecule has 30 heavy (non-hydrogen) atoms.